The predicted molar refractivity (Wildman–Crippen MR) is 112 cm³/mol. The molecule has 0 aromatic carbocycles. The van der Waals surface area contributed by atoms with Crippen molar-refractivity contribution >= 4 is 33.7 Å². The van der Waals surface area contributed by atoms with Crippen LogP contribution in [-0.4, -0.2) is 45.8 Å². The lowest BCUT2D eigenvalue weighted by atomic mass is 10.1. The number of hydrogen-bond acceptors (Lipinski definition) is 8. The summed E-state index contributed by atoms with van der Waals surface area (Å²) in [6.45, 7) is 17.1. The van der Waals surface area contributed by atoms with Crippen LogP contribution in [0.1, 0.15) is 68.7 Å². The fourth-order valence-electron chi connectivity index (χ4n) is 1.76. The van der Waals surface area contributed by atoms with E-state index in [-0.39, 0.29) is 16.5 Å². The molecule has 2 atom stereocenters. The number of amides is 1. The van der Waals surface area contributed by atoms with Gasteiger partial charge in [-0.25, -0.2) is 15.1 Å². The summed E-state index contributed by atoms with van der Waals surface area (Å²) in [5.41, 5.74) is 5.85. The Morgan fingerprint density at radius 2 is 1.52 bits per heavy atom. The molecule has 7 nitrogen and oxygen atoms in total. The topological polar surface area (TPSA) is 101 Å². The van der Waals surface area contributed by atoms with Crippen molar-refractivity contribution in [3.8, 4) is 0 Å². The lowest BCUT2D eigenvalue weighted by Crippen LogP contribution is -2.47. The molecule has 0 rings (SSSR count). The van der Waals surface area contributed by atoms with Crippen LogP contribution in [0.5, 0.6) is 0 Å². The number of nitrogens with one attached hydrogen (secondary N) is 2. The highest BCUT2D eigenvalue weighted by Crippen LogP contribution is 2.39. The molecule has 158 valence electrons. The molecule has 0 aromatic rings. The number of nitrogens with zero attached hydrogens (tertiary/aromatic N) is 1. The van der Waals surface area contributed by atoms with Gasteiger partial charge >= 0.3 is 12.1 Å². The predicted octanol–water partition coefficient (Wildman–Crippen LogP) is 5.19. The third kappa shape index (κ3) is 14.7. The Morgan fingerprint density at radius 1 is 1.00 bits per heavy atom. The zero-order valence-electron chi connectivity index (χ0n) is 18.0. The van der Waals surface area contributed by atoms with E-state index in [9.17, 15) is 9.59 Å². The second-order valence-corrected chi connectivity index (χ2v) is 12.6. The lowest BCUT2D eigenvalue weighted by molar-refractivity contribution is -0.157. The summed E-state index contributed by atoms with van der Waals surface area (Å²) >= 11 is 0. The van der Waals surface area contributed by atoms with Crippen molar-refractivity contribution in [1.29, 1.82) is 5.53 Å². The van der Waals surface area contributed by atoms with Crippen LogP contribution in [0, 0.1) is 5.53 Å². The summed E-state index contributed by atoms with van der Waals surface area (Å²) in [5.74, 6) is -0.523. The van der Waals surface area contributed by atoms with Crippen molar-refractivity contribution in [2.24, 2.45) is 5.11 Å². The lowest BCUT2D eigenvalue weighted by Gasteiger charge is -2.28. The molecule has 0 heterocycles. The molecule has 0 fully saturated rings. The molecule has 0 radical (unpaired) electrons. The Labute approximate surface area is 171 Å². The summed E-state index contributed by atoms with van der Waals surface area (Å²) in [6.07, 6.45) is -0.377. The van der Waals surface area contributed by atoms with E-state index >= 15 is 0 Å². The van der Waals surface area contributed by atoms with E-state index in [0.29, 0.717) is 6.42 Å². The molecule has 0 aliphatic rings. The van der Waals surface area contributed by atoms with Gasteiger partial charge in [-0.05, 0) is 48.0 Å². The zero-order chi connectivity index (χ0) is 21.5. The maximum atomic E-state index is 12.6. The number of ether oxygens (including phenoxy) is 2. The van der Waals surface area contributed by atoms with Crippen LogP contribution in [0.4, 0.5) is 4.79 Å². The van der Waals surface area contributed by atoms with Crippen molar-refractivity contribution in [3.05, 3.63) is 0 Å². The monoisotopic (exact) mass is 421 g/mol. The van der Waals surface area contributed by atoms with E-state index in [1.54, 1.807) is 63.1 Å². The van der Waals surface area contributed by atoms with Crippen LogP contribution in [-0.2, 0) is 14.3 Å². The first kappa shape index (κ1) is 26.0. The van der Waals surface area contributed by atoms with Crippen LogP contribution in [0.25, 0.3) is 0 Å². The maximum Gasteiger partial charge on any atom is 0.408 e. The minimum absolute atomic E-state index is 0.0188. The van der Waals surface area contributed by atoms with E-state index in [4.69, 9.17) is 15.0 Å². The molecule has 0 aliphatic carbocycles. The van der Waals surface area contributed by atoms with E-state index in [2.05, 4.69) is 31.2 Å². The van der Waals surface area contributed by atoms with Crippen LogP contribution in [0.15, 0.2) is 5.11 Å². The number of carbonyl (C=O) groups is 2. The normalized spacial score (nSPS) is 14.9. The number of rotatable bonds is 8. The Bertz CT molecular complexity index is 508. The van der Waals surface area contributed by atoms with Crippen molar-refractivity contribution in [2.75, 3.05) is 6.54 Å². The average molecular weight is 422 g/mol. The molecule has 2 N–H and O–H groups in total. The summed E-state index contributed by atoms with van der Waals surface area (Å²) in [4.78, 5) is 24.8. The van der Waals surface area contributed by atoms with Crippen LogP contribution < -0.4 is 5.32 Å². The molecule has 9 heteroatoms. The van der Waals surface area contributed by atoms with E-state index < -0.39 is 29.3 Å². The van der Waals surface area contributed by atoms with Gasteiger partial charge in [0.15, 0.2) is 0 Å². The summed E-state index contributed by atoms with van der Waals surface area (Å²) in [6, 6.07) is -0.876. The minimum atomic E-state index is -0.876. The van der Waals surface area contributed by atoms with Gasteiger partial charge in [0.2, 0.25) is 0 Å². The number of hydrogen-bond donors (Lipinski definition) is 2. The fourth-order valence-corrected chi connectivity index (χ4v) is 4.28. The SMILES string of the molecule is CC(C)(C)OC(=O)NC(CC(CN=N)SSC(C)(C)C)C(=O)OC(C)(C)C. The average Bonchev–Trinajstić information content (AvgIpc) is 2.39. The zero-order valence-corrected chi connectivity index (χ0v) is 19.6. The van der Waals surface area contributed by atoms with E-state index in [0.717, 1.165) is 0 Å². The van der Waals surface area contributed by atoms with Gasteiger partial charge in [0.25, 0.3) is 0 Å². The third-order valence-electron chi connectivity index (χ3n) is 2.61. The minimum Gasteiger partial charge on any atom is -0.458 e. The fraction of sp³-hybridized carbons (Fsp3) is 0.889. The van der Waals surface area contributed by atoms with Gasteiger partial charge < -0.3 is 14.8 Å². The molecule has 1 amide bonds. The summed E-state index contributed by atoms with van der Waals surface area (Å²) < 4.78 is 10.7. The molecule has 0 spiro atoms. The summed E-state index contributed by atoms with van der Waals surface area (Å²) in [7, 11) is 3.21. The molecular weight excluding hydrogens is 386 g/mol. The third-order valence-corrected chi connectivity index (χ3v) is 6.43. The van der Waals surface area contributed by atoms with Crippen LogP contribution in [0.3, 0.4) is 0 Å². The highest BCUT2D eigenvalue weighted by atomic mass is 33.1. The van der Waals surface area contributed by atoms with Gasteiger partial charge in [-0.1, -0.05) is 42.4 Å². The molecule has 2 unspecified atom stereocenters. The van der Waals surface area contributed by atoms with Gasteiger partial charge in [-0.15, -0.1) is 0 Å². The van der Waals surface area contributed by atoms with Gasteiger partial charge in [0, 0.05) is 10.00 Å². The van der Waals surface area contributed by atoms with E-state index in [1.165, 1.54) is 0 Å². The molecule has 0 bridgehead atoms. The first-order valence-electron chi connectivity index (χ1n) is 8.92. The second-order valence-electron chi connectivity index (χ2n) is 9.22. The Kier molecular flexibility index (Phi) is 10.2. The highest BCUT2D eigenvalue weighted by molar-refractivity contribution is 8.77. The number of carbonyl (C=O) groups excluding carboxylic acids is 2. The Morgan fingerprint density at radius 3 is 1.93 bits per heavy atom. The number of alkyl carbamates (subject to hydrolysis) is 1. The second kappa shape index (κ2) is 10.5. The summed E-state index contributed by atoms with van der Waals surface area (Å²) in [5, 5.41) is 5.98. The standard InChI is InChI=1S/C18H35N3O4S2/c1-16(2,3)24-14(22)13(21-15(23)25-17(4,5)6)10-12(11-20-19)26-27-18(7,8)9/h12-13,19H,10-11H2,1-9H3,(H,21,23). The van der Waals surface area contributed by atoms with Crippen LogP contribution in [0.2, 0.25) is 0 Å². The molecular formula is C18H35N3O4S2. The quantitative estimate of drug-likeness (QED) is 0.318. The maximum absolute atomic E-state index is 12.6. The molecule has 0 aliphatic heterocycles. The van der Waals surface area contributed by atoms with Crippen LogP contribution >= 0.6 is 21.6 Å². The Hall–Kier alpha value is -0.960. The van der Waals surface area contributed by atoms with Crippen molar-refractivity contribution < 1.29 is 19.1 Å². The van der Waals surface area contributed by atoms with Gasteiger partial charge in [0.05, 0.1) is 6.54 Å². The molecule has 0 saturated heterocycles. The highest BCUT2D eigenvalue weighted by Gasteiger charge is 2.31. The Balaban J connectivity index is 5.25. The van der Waals surface area contributed by atoms with Crippen molar-refractivity contribution in [3.63, 3.8) is 0 Å². The van der Waals surface area contributed by atoms with Crippen molar-refractivity contribution in [2.45, 2.75) is 96.0 Å². The van der Waals surface area contributed by atoms with Gasteiger partial charge in [-0.2, -0.15) is 5.11 Å². The van der Waals surface area contributed by atoms with Gasteiger partial charge in [0.1, 0.15) is 17.2 Å². The number of esters is 1. The molecule has 0 aromatic heterocycles. The molecule has 27 heavy (non-hydrogen) atoms. The largest absolute Gasteiger partial charge is 0.458 e. The van der Waals surface area contributed by atoms with E-state index in [1.807, 2.05) is 0 Å². The first-order chi connectivity index (χ1) is 12.0. The van der Waals surface area contributed by atoms with Gasteiger partial charge in [-0.3, -0.25) is 0 Å². The smallest absolute Gasteiger partial charge is 0.408 e. The van der Waals surface area contributed by atoms with Crippen molar-refractivity contribution in [1.82, 2.24) is 5.32 Å². The first-order valence-corrected chi connectivity index (χ1v) is 11.1. The molecule has 0 saturated carbocycles.